The summed E-state index contributed by atoms with van der Waals surface area (Å²) < 4.78 is 41.0. The number of alkyl halides is 3. The highest BCUT2D eigenvalue weighted by molar-refractivity contribution is 6.02. The number of carbonyl (C=O) groups excluding carboxylic acids is 1. The minimum Gasteiger partial charge on any atom is -0.506 e. The zero-order chi connectivity index (χ0) is 26.8. The Morgan fingerprint density at radius 1 is 1.08 bits per heavy atom. The molecule has 1 aliphatic heterocycles. The number of urea groups is 1. The van der Waals surface area contributed by atoms with Crippen molar-refractivity contribution >= 4 is 28.8 Å². The summed E-state index contributed by atoms with van der Waals surface area (Å²) in [5, 5.41) is 26.0. The largest absolute Gasteiger partial charge is 0.573 e. The second-order valence-electron chi connectivity index (χ2n) is 8.71. The summed E-state index contributed by atoms with van der Waals surface area (Å²) in [5.74, 6) is -0.360. The molecule has 0 bridgehead atoms. The number of carbonyl (C=O) groups is 1. The van der Waals surface area contributed by atoms with Crippen LogP contribution in [0, 0.1) is 11.3 Å². The van der Waals surface area contributed by atoms with Gasteiger partial charge in [0, 0.05) is 23.2 Å². The monoisotopic (exact) mass is 510 g/mol. The van der Waals surface area contributed by atoms with Crippen molar-refractivity contribution in [3.63, 3.8) is 0 Å². The first-order valence-corrected chi connectivity index (χ1v) is 11.7. The first kappa shape index (κ1) is 25.7. The maximum atomic E-state index is 12.8. The van der Waals surface area contributed by atoms with E-state index in [0.29, 0.717) is 29.2 Å². The van der Waals surface area contributed by atoms with Crippen LogP contribution in [0.3, 0.4) is 0 Å². The van der Waals surface area contributed by atoms with E-state index in [2.05, 4.69) is 21.4 Å². The SMILES string of the molecule is CCC1(CC)CN(c2ccccc2NC(=O)Nc2ccc(OC(F)(F)F)cc2)c2c(O)ccc(C#N)c21. The summed E-state index contributed by atoms with van der Waals surface area (Å²) >= 11 is 0. The van der Waals surface area contributed by atoms with Crippen LogP contribution in [-0.4, -0.2) is 24.0 Å². The molecule has 0 spiro atoms. The van der Waals surface area contributed by atoms with Crippen LogP contribution >= 0.6 is 0 Å². The molecule has 2 amide bonds. The van der Waals surface area contributed by atoms with E-state index in [-0.39, 0.29) is 16.9 Å². The maximum Gasteiger partial charge on any atom is 0.573 e. The van der Waals surface area contributed by atoms with E-state index in [1.54, 1.807) is 24.3 Å². The van der Waals surface area contributed by atoms with Gasteiger partial charge in [-0.2, -0.15) is 5.26 Å². The van der Waals surface area contributed by atoms with Crippen LogP contribution in [0.5, 0.6) is 11.5 Å². The minimum atomic E-state index is -4.81. The Balaban J connectivity index is 1.62. The van der Waals surface area contributed by atoms with Crippen molar-refractivity contribution in [3.8, 4) is 17.6 Å². The number of nitriles is 1. The van der Waals surface area contributed by atoms with Crippen molar-refractivity contribution in [1.29, 1.82) is 5.26 Å². The number of fused-ring (bicyclic) bond motifs is 1. The molecule has 3 aromatic carbocycles. The Morgan fingerprint density at radius 3 is 2.38 bits per heavy atom. The van der Waals surface area contributed by atoms with Crippen molar-refractivity contribution in [3.05, 3.63) is 71.8 Å². The molecule has 0 aliphatic carbocycles. The average Bonchev–Trinajstić information content (AvgIpc) is 3.22. The first-order valence-electron chi connectivity index (χ1n) is 11.7. The van der Waals surface area contributed by atoms with Gasteiger partial charge in [0.2, 0.25) is 0 Å². The second kappa shape index (κ2) is 9.93. The number of para-hydroxylation sites is 2. The number of phenolic OH excluding ortho intramolecular Hbond substituents is 1. The molecule has 0 fully saturated rings. The third-order valence-corrected chi connectivity index (χ3v) is 6.68. The lowest BCUT2D eigenvalue weighted by molar-refractivity contribution is -0.274. The standard InChI is InChI=1S/C27H25F3N4O3/c1-3-26(4-2)16-34(24-22(35)14-9-17(15-31)23(24)26)21-8-6-5-7-20(21)33-25(36)32-18-10-12-19(13-11-18)37-27(28,29)30/h5-14,35H,3-4,16H2,1-2H3,(H2,32,33,36). The lowest BCUT2D eigenvalue weighted by atomic mass is 9.75. The Morgan fingerprint density at radius 2 is 1.76 bits per heavy atom. The predicted molar refractivity (Wildman–Crippen MR) is 134 cm³/mol. The smallest absolute Gasteiger partial charge is 0.506 e. The molecule has 0 unspecified atom stereocenters. The van der Waals surface area contributed by atoms with E-state index in [1.165, 1.54) is 18.2 Å². The lowest BCUT2D eigenvalue weighted by Gasteiger charge is -2.29. The third-order valence-electron chi connectivity index (χ3n) is 6.68. The predicted octanol–water partition coefficient (Wildman–Crippen LogP) is 7.02. The summed E-state index contributed by atoms with van der Waals surface area (Å²) in [7, 11) is 0. The molecule has 0 saturated carbocycles. The third kappa shape index (κ3) is 5.11. The van der Waals surface area contributed by atoms with E-state index in [9.17, 15) is 28.3 Å². The Kier molecular flexibility index (Phi) is 6.90. The quantitative estimate of drug-likeness (QED) is 0.331. The fourth-order valence-corrected chi connectivity index (χ4v) is 4.82. The summed E-state index contributed by atoms with van der Waals surface area (Å²) in [5.41, 5.74) is 2.81. The summed E-state index contributed by atoms with van der Waals surface area (Å²) in [6, 6.07) is 16.6. The molecule has 0 radical (unpaired) electrons. The van der Waals surface area contributed by atoms with Crippen LogP contribution in [0.25, 0.3) is 0 Å². The van der Waals surface area contributed by atoms with Crippen molar-refractivity contribution in [2.75, 3.05) is 22.1 Å². The Bertz CT molecular complexity index is 1350. The lowest BCUT2D eigenvalue weighted by Crippen LogP contribution is -2.31. The van der Waals surface area contributed by atoms with Crippen molar-refractivity contribution < 1.29 is 27.8 Å². The Hall–Kier alpha value is -4.39. The van der Waals surface area contributed by atoms with E-state index in [0.717, 1.165) is 30.5 Å². The highest BCUT2D eigenvalue weighted by Crippen LogP contribution is 2.54. The molecule has 3 N–H and O–H groups in total. The van der Waals surface area contributed by atoms with Crippen LogP contribution < -0.4 is 20.3 Å². The maximum absolute atomic E-state index is 12.8. The van der Waals surface area contributed by atoms with Crippen molar-refractivity contribution in [1.82, 2.24) is 0 Å². The van der Waals surface area contributed by atoms with Crippen LogP contribution in [0.2, 0.25) is 0 Å². The molecule has 4 rings (SSSR count). The molecule has 37 heavy (non-hydrogen) atoms. The van der Waals surface area contributed by atoms with Gasteiger partial charge < -0.3 is 25.4 Å². The molecule has 10 heteroatoms. The fourth-order valence-electron chi connectivity index (χ4n) is 4.82. The number of rotatable bonds is 6. The number of hydrogen-bond acceptors (Lipinski definition) is 5. The van der Waals surface area contributed by atoms with Crippen LogP contribution in [0.15, 0.2) is 60.7 Å². The van der Waals surface area contributed by atoms with Gasteiger partial charge in [0.25, 0.3) is 0 Å². The topological polar surface area (TPSA) is 97.6 Å². The molecular formula is C27H25F3N4O3. The molecule has 192 valence electrons. The molecule has 3 aromatic rings. The Labute approximate surface area is 212 Å². The number of amides is 2. The summed E-state index contributed by atoms with van der Waals surface area (Å²) in [6.45, 7) is 4.60. The van der Waals surface area contributed by atoms with E-state index < -0.39 is 18.1 Å². The van der Waals surface area contributed by atoms with Crippen LogP contribution in [-0.2, 0) is 5.41 Å². The number of nitrogens with one attached hydrogen (secondary N) is 2. The number of benzene rings is 3. The van der Waals surface area contributed by atoms with E-state index in [4.69, 9.17) is 0 Å². The number of anilines is 4. The normalized spacial score (nSPS) is 14.0. The van der Waals surface area contributed by atoms with Gasteiger partial charge >= 0.3 is 12.4 Å². The molecular weight excluding hydrogens is 485 g/mol. The van der Waals surface area contributed by atoms with Gasteiger partial charge in [-0.1, -0.05) is 26.0 Å². The van der Waals surface area contributed by atoms with Gasteiger partial charge in [0.15, 0.2) is 0 Å². The summed E-state index contributed by atoms with van der Waals surface area (Å²) in [6.07, 6.45) is -3.32. The van der Waals surface area contributed by atoms with E-state index >= 15 is 0 Å². The number of aromatic hydroxyl groups is 1. The first-order chi connectivity index (χ1) is 17.6. The van der Waals surface area contributed by atoms with Crippen LogP contribution in [0.4, 0.5) is 40.7 Å². The van der Waals surface area contributed by atoms with E-state index in [1.807, 2.05) is 24.8 Å². The van der Waals surface area contributed by atoms with Gasteiger partial charge in [0.05, 0.1) is 28.7 Å². The number of hydrogen-bond donors (Lipinski definition) is 3. The van der Waals surface area contributed by atoms with Crippen molar-refractivity contribution in [2.24, 2.45) is 0 Å². The second-order valence-corrected chi connectivity index (χ2v) is 8.71. The summed E-state index contributed by atoms with van der Waals surface area (Å²) in [4.78, 5) is 14.7. The van der Waals surface area contributed by atoms with Crippen molar-refractivity contribution in [2.45, 2.75) is 38.5 Å². The molecule has 0 atom stereocenters. The molecule has 7 nitrogen and oxygen atoms in total. The zero-order valence-electron chi connectivity index (χ0n) is 20.2. The number of halogens is 3. The number of ether oxygens (including phenoxy) is 1. The van der Waals surface area contributed by atoms with Gasteiger partial charge in [-0.05, 0) is 61.4 Å². The minimum absolute atomic E-state index is 0.0400. The number of nitrogens with zero attached hydrogens (tertiary/aromatic N) is 2. The van der Waals surface area contributed by atoms with Crippen LogP contribution in [0.1, 0.15) is 37.8 Å². The highest BCUT2D eigenvalue weighted by Gasteiger charge is 2.44. The fraction of sp³-hybridized carbons (Fsp3) is 0.259. The zero-order valence-corrected chi connectivity index (χ0v) is 20.2. The molecule has 1 aliphatic rings. The number of phenols is 1. The van der Waals surface area contributed by atoms with Gasteiger partial charge in [-0.25, -0.2) is 4.79 Å². The molecule has 0 saturated heterocycles. The molecule has 1 heterocycles. The molecule has 0 aromatic heterocycles. The van der Waals surface area contributed by atoms with Gasteiger partial charge in [0.1, 0.15) is 11.5 Å². The average molecular weight is 511 g/mol. The van der Waals surface area contributed by atoms with Gasteiger partial charge in [-0.15, -0.1) is 13.2 Å². The van der Waals surface area contributed by atoms with Gasteiger partial charge in [-0.3, -0.25) is 0 Å². The highest BCUT2D eigenvalue weighted by atomic mass is 19.4.